The first-order valence-corrected chi connectivity index (χ1v) is 9.53. The van der Waals surface area contributed by atoms with E-state index in [0.29, 0.717) is 16.8 Å². The number of amides is 1. The van der Waals surface area contributed by atoms with Gasteiger partial charge in [0, 0.05) is 22.4 Å². The summed E-state index contributed by atoms with van der Waals surface area (Å²) in [6, 6.07) is 12.3. The van der Waals surface area contributed by atoms with Gasteiger partial charge in [-0.3, -0.25) is 9.59 Å². The molecular weight excluding hydrogens is 352 g/mol. The van der Waals surface area contributed by atoms with Crippen LogP contribution in [0.25, 0.3) is 0 Å². The Kier molecular flexibility index (Phi) is 5.63. The van der Waals surface area contributed by atoms with Crippen molar-refractivity contribution in [2.24, 2.45) is 0 Å². The number of carbonyl (C=O) groups is 2. The molecule has 0 aliphatic heterocycles. The van der Waals surface area contributed by atoms with E-state index in [1.165, 1.54) is 31.2 Å². The minimum Gasteiger partial charge on any atom is -0.322 e. The molecule has 26 heavy (non-hydrogen) atoms. The van der Waals surface area contributed by atoms with Crippen LogP contribution in [0.5, 0.6) is 0 Å². The van der Waals surface area contributed by atoms with Gasteiger partial charge in [-0.2, -0.15) is 0 Å². The number of benzene rings is 2. The van der Waals surface area contributed by atoms with Gasteiger partial charge >= 0.3 is 0 Å². The second-order valence-electron chi connectivity index (χ2n) is 6.97. The van der Waals surface area contributed by atoms with Gasteiger partial charge in [-0.15, -0.1) is 0 Å². The van der Waals surface area contributed by atoms with E-state index < -0.39 is 21.5 Å². The van der Waals surface area contributed by atoms with E-state index in [1.807, 2.05) is 0 Å². The third kappa shape index (κ3) is 5.24. The summed E-state index contributed by atoms with van der Waals surface area (Å²) in [5, 5.41) is 2.69. The highest BCUT2D eigenvalue weighted by atomic mass is 32.2. The first-order valence-electron chi connectivity index (χ1n) is 8.04. The van der Waals surface area contributed by atoms with Crippen LogP contribution < -0.4 is 10.0 Å². The zero-order valence-corrected chi connectivity index (χ0v) is 16.0. The molecular formula is C19H22N2O4S. The Morgan fingerprint density at radius 1 is 0.923 bits per heavy atom. The van der Waals surface area contributed by atoms with Crippen LogP contribution in [-0.4, -0.2) is 25.6 Å². The van der Waals surface area contributed by atoms with Gasteiger partial charge in [0.05, 0.1) is 4.90 Å². The maximum Gasteiger partial charge on any atom is 0.255 e. The molecule has 2 aromatic rings. The van der Waals surface area contributed by atoms with Gasteiger partial charge in [-0.1, -0.05) is 12.1 Å². The molecule has 0 bridgehead atoms. The van der Waals surface area contributed by atoms with Crippen LogP contribution in [0.1, 0.15) is 48.4 Å². The van der Waals surface area contributed by atoms with Crippen LogP contribution in [0.15, 0.2) is 53.4 Å². The zero-order valence-electron chi connectivity index (χ0n) is 15.2. The molecule has 0 aliphatic rings. The van der Waals surface area contributed by atoms with Crippen LogP contribution in [0, 0.1) is 0 Å². The average Bonchev–Trinajstić information content (AvgIpc) is 2.53. The maximum absolute atomic E-state index is 12.3. The van der Waals surface area contributed by atoms with Gasteiger partial charge in [0.15, 0.2) is 5.78 Å². The molecule has 0 heterocycles. The Hall–Kier alpha value is -2.51. The molecule has 0 radical (unpaired) electrons. The monoisotopic (exact) mass is 374 g/mol. The highest BCUT2D eigenvalue weighted by Crippen LogP contribution is 2.16. The number of rotatable bonds is 5. The summed E-state index contributed by atoms with van der Waals surface area (Å²) in [6.45, 7) is 6.70. The fourth-order valence-electron chi connectivity index (χ4n) is 2.27. The molecule has 0 aliphatic carbocycles. The van der Waals surface area contributed by atoms with Crippen molar-refractivity contribution in [2.45, 2.75) is 38.1 Å². The van der Waals surface area contributed by atoms with Crippen molar-refractivity contribution in [1.82, 2.24) is 4.72 Å². The molecule has 0 saturated heterocycles. The predicted molar refractivity (Wildman–Crippen MR) is 101 cm³/mol. The molecule has 0 unspecified atom stereocenters. The minimum absolute atomic E-state index is 0.0857. The maximum atomic E-state index is 12.3. The molecule has 0 aromatic heterocycles. The smallest absolute Gasteiger partial charge is 0.255 e. The molecule has 0 atom stereocenters. The fourth-order valence-corrected chi connectivity index (χ4v) is 3.69. The average molecular weight is 374 g/mol. The van der Waals surface area contributed by atoms with Crippen molar-refractivity contribution in [3.63, 3.8) is 0 Å². The van der Waals surface area contributed by atoms with E-state index in [-0.39, 0.29) is 10.7 Å². The van der Waals surface area contributed by atoms with Gasteiger partial charge in [0.2, 0.25) is 10.0 Å². The topological polar surface area (TPSA) is 92.3 Å². The molecule has 2 aromatic carbocycles. The first-order chi connectivity index (χ1) is 12.0. The number of Topliss-reactive ketones (excluding diaryl/α,β-unsaturated/α-hetero) is 1. The third-order valence-electron chi connectivity index (χ3n) is 3.39. The largest absolute Gasteiger partial charge is 0.322 e. The van der Waals surface area contributed by atoms with E-state index in [9.17, 15) is 18.0 Å². The van der Waals surface area contributed by atoms with Crippen molar-refractivity contribution in [3.8, 4) is 0 Å². The molecule has 0 fully saturated rings. The summed E-state index contributed by atoms with van der Waals surface area (Å²) in [7, 11) is -3.65. The van der Waals surface area contributed by atoms with E-state index in [4.69, 9.17) is 0 Å². The summed E-state index contributed by atoms with van der Waals surface area (Å²) in [5.41, 5.74) is 0.704. The lowest BCUT2D eigenvalue weighted by Gasteiger charge is -2.20. The van der Waals surface area contributed by atoms with Crippen LogP contribution >= 0.6 is 0 Å². The van der Waals surface area contributed by atoms with Crippen molar-refractivity contribution >= 4 is 27.4 Å². The minimum atomic E-state index is -3.65. The number of hydrogen-bond acceptors (Lipinski definition) is 4. The molecule has 2 N–H and O–H groups in total. The summed E-state index contributed by atoms with van der Waals surface area (Å²) in [6.07, 6.45) is 0. The highest BCUT2D eigenvalue weighted by molar-refractivity contribution is 7.89. The fraction of sp³-hybridized carbons (Fsp3) is 0.263. The van der Waals surface area contributed by atoms with Crippen LogP contribution in [-0.2, 0) is 10.0 Å². The molecule has 1 amide bonds. The van der Waals surface area contributed by atoms with Gasteiger partial charge < -0.3 is 5.32 Å². The Bertz CT molecular complexity index is 927. The molecule has 0 spiro atoms. The first kappa shape index (κ1) is 19.8. The SMILES string of the molecule is CC(=O)c1cccc(NC(=O)c2ccc(S(=O)(=O)NC(C)(C)C)cc2)c1. The lowest BCUT2D eigenvalue weighted by molar-refractivity contribution is 0.101. The second kappa shape index (κ2) is 7.39. The number of anilines is 1. The third-order valence-corrected chi connectivity index (χ3v) is 5.17. The quantitative estimate of drug-likeness (QED) is 0.786. The number of carbonyl (C=O) groups excluding carboxylic acids is 2. The Balaban J connectivity index is 2.17. The summed E-state index contributed by atoms with van der Waals surface area (Å²) in [5.74, 6) is -0.486. The molecule has 2 rings (SSSR count). The molecule has 7 heteroatoms. The Labute approximate surface area is 153 Å². The summed E-state index contributed by atoms with van der Waals surface area (Å²) >= 11 is 0. The summed E-state index contributed by atoms with van der Waals surface area (Å²) < 4.78 is 27.1. The lowest BCUT2D eigenvalue weighted by atomic mass is 10.1. The van der Waals surface area contributed by atoms with Crippen molar-refractivity contribution in [3.05, 3.63) is 59.7 Å². The zero-order chi connectivity index (χ0) is 19.5. The summed E-state index contributed by atoms with van der Waals surface area (Å²) in [4.78, 5) is 23.8. The number of ketones is 1. The van der Waals surface area contributed by atoms with Crippen LogP contribution in [0.4, 0.5) is 5.69 Å². The van der Waals surface area contributed by atoms with Crippen LogP contribution in [0.2, 0.25) is 0 Å². The molecule has 138 valence electrons. The van der Waals surface area contributed by atoms with E-state index >= 15 is 0 Å². The van der Waals surface area contributed by atoms with E-state index in [2.05, 4.69) is 10.0 Å². The van der Waals surface area contributed by atoms with Gasteiger partial charge in [-0.05, 0) is 64.1 Å². The van der Waals surface area contributed by atoms with Crippen molar-refractivity contribution in [1.29, 1.82) is 0 Å². The normalized spacial score (nSPS) is 11.8. The van der Waals surface area contributed by atoms with E-state index in [0.717, 1.165) is 0 Å². The van der Waals surface area contributed by atoms with E-state index in [1.54, 1.807) is 45.0 Å². The number of sulfonamides is 1. The van der Waals surface area contributed by atoms with Gasteiger partial charge in [0.25, 0.3) is 5.91 Å². The molecule has 0 saturated carbocycles. The molecule has 6 nitrogen and oxygen atoms in total. The number of nitrogens with one attached hydrogen (secondary N) is 2. The van der Waals surface area contributed by atoms with Crippen molar-refractivity contribution < 1.29 is 18.0 Å². The standard InChI is InChI=1S/C19H22N2O4S/c1-13(22)15-6-5-7-16(12-15)20-18(23)14-8-10-17(11-9-14)26(24,25)21-19(2,3)4/h5-12,21H,1-4H3,(H,20,23). The van der Waals surface area contributed by atoms with Gasteiger partial charge in [-0.25, -0.2) is 13.1 Å². The predicted octanol–water partition coefficient (Wildman–Crippen LogP) is 3.22. The van der Waals surface area contributed by atoms with Gasteiger partial charge in [0.1, 0.15) is 0 Å². The Morgan fingerprint density at radius 3 is 2.08 bits per heavy atom. The van der Waals surface area contributed by atoms with Crippen molar-refractivity contribution in [2.75, 3.05) is 5.32 Å². The highest BCUT2D eigenvalue weighted by Gasteiger charge is 2.22. The second-order valence-corrected chi connectivity index (χ2v) is 8.65. The lowest BCUT2D eigenvalue weighted by Crippen LogP contribution is -2.40. The Morgan fingerprint density at radius 2 is 1.54 bits per heavy atom. The van der Waals surface area contributed by atoms with Crippen LogP contribution in [0.3, 0.4) is 0 Å². The number of hydrogen-bond donors (Lipinski definition) is 2.